The summed E-state index contributed by atoms with van der Waals surface area (Å²) in [6, 6.07) is 14.2. The van der Waals surface area contributed by atoms with Gasteiger partial charge in [0.2, 0.25) is 0 Å². The van der Waals surface area contributed by atoms with Gasteiger partial charge in [-0.1, -0.05) is 63.1 Å². The van der Waals surface area contributed by atoms with E-state index in [4.69, 9.17) is 0 Å². The molecular formula is C22H28OS. The maximum absolute atomic E-state index is 10.9. The van der Waals surface area contributed by atoms with Gasteiger partial charge in [0.15, 0.2) is 0 Å². The van der Waals surface area contributed by atoms with E-state index in [1.807, 2.05) is 35.7 Å². The Morgan fingerprint density at radius 2 is 1.92 bits per heavy atom. The summed E-state index contributed by atoms with van der Waals surface area (Å²) in [4.78, 5) is 1.01. The molecule has 128 valence electrons. The van der Waals surface area contributed by atoms with E-state index in [0.717, 1.165) is 23.3 Å². The molecule has 0 saturated heterocycles. The van der Waals surface area contributed by atoms with Crippen molar-refractivity contribution in [1.29, 1.82) is 0 Å². The molecule has 1 aromatic heterocycles. The van der Waals surface area contributed by atoms with E-state index in [-0.39, 0.29) is 5.92 Å². The van der Waals surface area contributed by atoms with Crippen molar-refractivity contribution in [2.45, 2.75) is 58.0 Å². The zero-order chi connectivity index (χ0) is 17.2. The number of thiophene rings is 1. The standard InChI is InChI=1S/C22H28OS/c1-3-5-7-11-18(4-2)15-16-20(19-12-8-6-9-13-19)22(23)21-14-10-17-24-21/h6,8-10,12-14,16-17,20,22-23H,3-5,7,11H2,1-2H3/t15?,20-,22+/m0/s1. The molecule has 0 fully saturated rings. The molecule has 0 radical (unpaired) electrons. The summed E-state index contributed by atoms with van der Waals surface area (Å²) in [6.07, 6.45) is 7.42. The van der Waals surface area contributed by atoms with E-state index < -0.39 is 6.10 Å². The fourth-order valence-corrected chi connectivity index (χ4v) is 3.59. The van der Waals surface area contributed by atoms with E-state index >= 15 is 0 Å². The van der Waals surface area contributed by atoms with E-state index in [0.29, 0.717) is 0 Å². The zero-order valence-electron chi connectivity index (χ0n) is 14.7. The molecular weight excluding hydrogens is 312 g/mol. The Labute approximate surface area is 150 Å². The van der Waals surface area contributed by atoms with Crippen LogP contribution in [-0.2, 0) is 0 Å². The third kappa shape index (κ3) is 5.49. The number of benzene rings is 1. The van der Waals surface area contributed by atoms with Crippen molar-refractivity contribution in [1.82, 2.24) is 0 Å². The Bertz CT molecular complexity index is 636. The monoisotopic (exact) mass is 340 g/mol. The molecule has 0 amide bonds. The van der Waals surface area contributed by atoms with Crippen molar-refractivity contribution in [3.05, 3.63) is 75.7 Å². The van der Waals surface area contributed by atoms with Crippen molar-refractivity contribution >= 4 is 11.3 Å². The van der Waals surface area contributed by atoms with E-state index in [2.05, 4.69) is 37.8 Å². The minimum Gasteiger partial charge on any atom is -0.387 e. The molecule has 0 aliphatic heterocycles. The SMILES string of the molecule is CCCCCC(=C=C[C@@H](c1ccccc1)[C@@H](O)c1cccs1)CC. The molecule has 1 nitrogen and oxygen atoms in total. The lowest BCUT2D eigenvalue weighted by atomic mass is 9.92. The van der Waals surface area contributed by atoms with Crippen LogP contribution in [0.25, 0.3) is 0 Å². The Kier molecular flexibility index (Phi) is 8.04. The fourth-order valence-electron chi connectivity index (χ4n) is 2.83. The summed E-state index contributed by atoms with van der Waals surface area (Å²) in [6.45, 7) is 4.42. The zero-order valence-corrected chi connectivity index (χ0v) is 15.6. The van der Waals surface area contributed by atoms with Gasteiger partial charge >= 0.3 is 0 Å². The highest BCUT2D eigenvalue weighted by Crippen LogP contribution is 2.34. The van der Waals surface area contributed by atoms with Crippen molar-refractivity contribution in [3.8, 4) is 0 Å². The van der Waals surface area contributed by atoms with Crippen molar-refractivity contribution < 1.29 is 5.11 Å². The maximum Gasteiger partial charge on any atom is 0.0990 e. The second kappa shape index (κ2) is 10.3. The lowest BCUT2D eigenvalue weighted by Crippen LogP contribution is -2.07. The Balaban J connectivity index is 2.27. The van der Waals surface area contributed by atoms with Crippen LogP contribution in [0.5, 0.6) is 0 Å². The molecule has 0 bridgehead atoms. The summed E-state index contributed by atoms with van der Waals surface area (Å²) in [5.74, 6) is -0.0578. The van der Waals surface area contributed by atoms with Crippen molar-refractivity contribution in [2.24, 2.45) is 0 Å². The summed E-state index contributed by atoms with van der Waals surface area (Å²) >= 11 is 1.61. The minimum absolute atomic E-state index is 0.0578. The van der Waals surface area contributed by atoms with Gasteiger partial charge in [-0.2, -0.15) is 0 Å². The number of aliphatic hydroxyl groups excluding tert-OH is 1. The van der Waals surface area contributed by atoms with Crippen LogP contribution in [0.4, 0.5) is 0 Å². The van der Waals surface area contributed by atoms with Crippen LogP contribution in [0.15, 0.2) is 65.2 Å². The third-order valence-corrected chi connectivity index (χ3v) is 5.28. The first-order chi connectivity index (χ1) is 11.8. The quantitative estimate of drug-likeness (QED) is 0.401. The lowest BCUT2D eigenvalue weighted by Gasteiger charge is -2.18. The van der Waals surface area contributed by atoms with Gasteiger partial charge in [0.05, 0.1) is 6.10 Å². The van der Waals surface area contributed by atoms with Crippen LogP contribution in [-0.4, -0.2) is 5.11 Å². The molecule has 24 heavy (non-hydrogen) atoms. The maximum atomic E-state index is 10.9. The van der Waals surface area contributed by atoms with E-state index in [1.165, 1.54) is 24.8 Å². The van der Waals surface area contributed by atoms with Crippen LogP contribution in [0.1, 0.15) is 68.4 Å². The Morgan fingerprint density at radius 3 is 2.54 bits per heavy atom. The second-order valence-electron chi connectivity index (χ2n) is 6.12. The first-order valence-corrected chi connectivity index (χ1v) is 9.85. The van der Waals surface area contributed by atoms with Gasteiger partial charge in [-0.3, -0.25) is 0 Å². The molecule has 2 atom stereocenters. The molecule has 2 rings (SSSR count). The first kappa shape index (κ1) is 18.7. The Morgan fingerprint density at radius 1 is 1.12 bits per heavy atom. The fraction of sp³-hybridized carbons (Fsp3) is 0.409. The smallest absolute Gasteiger partial charge is 0.0990 e. The Hall–Kier alpha value is -1.60. The van der Waals surface area contributed by atoms with Crippen molar-refractivity contribution in [3.63, 3.8) is 0 Å². The number of aliphatic hydroxyl groups is 1. The highest BCUT2D eigenvalue weighted by atomic mass is 32.1. The van der Waals surface area contributed by atoms with Gasteiger partial charge in [0, 0.05) is 10.8 Å². The van der Waals surface area contributed by atoms with Gasteiger partial charge in [-0.25, -0.2) is 0 Å². The summed E-state index contributed by atoms with van der Waals surface area (Å²) in [7, 11) is 0. The first-order valence-electron chi connectivity index (χ1n) is 8.97. The molecule has 1 heterocycles. The normalized spacial score (nSPS) is 13.1. The molecule has 0 saturated carbocycles. The molecule has 1 aromatic carbocycles. The van der Waals surface area contributed by atoms with Gasteiger partial charge in [-0.05, 0) is 47.9 Å². The largest absolute Gasteiger partial charge is 0.387 e. The second-order valence-corrected chi connectivity index (χ2v) is 7.10. The third-order valence-electron chi connectivity index (χ3n) is 4.34. The molecule has 2 heteroatoms. The number of rotatable bonds is 9. The average Bonchev–Trinajstić information content (AvgIpc) is 3.16. The highest BCUT2D eigenvalue weighted by molar-refractivity contribution is 7.10. The molecule has 0 aliphatic carbocycles. The van der Waals surface area contributed by atoms with Gasteiger partial charge in [-0.15, -0.1) is 17.1 Å². The number of hydrogen-bond donors (Lipinski definition) is 1. The molecule has 0 spiro atoms. The summed E-state index contributed by atoms with van der Waals surface area (Å²) in [5, 5.41) is 12.9. The van der Waals surface area contributed by atoms with Gasteiger partial charge in [0.25, 0.3) is 0 Å². The van der Waals surface area contributed by atoms with E-state index in [1.54, 1.807) is 11.3 Å². The molecule has 0 unspecified atom stereocenters. The number of unbranched alkanes of at least 4 members (excludes halogenated alkanes) is 2. The summed E-state index contributed by atoms with van der Waals surface area (Å²) in [5.41, 5.74) is 5.99. The average molecular weight is 341 g/mol. The van der Waals surface area contributed by atoms with Crippen LogP contribution >= 0.6 is 11.3 Å². The van der Waals surface area contributed by atoms with Gasteiger partial charge < -0.3 is 5.11 Å². The molecule has 0 aliphatic rings. The molecule has 2 aromatic rings. The number of hydrogen-bond acceptors (Lipinski definition) is 2. The highest BCUT2D eigenvalue weighted by Gasteiger charge is 2.21. The lowest BCUT2D eigenvalue weighted by molar-refractivity contribution is 0.165. The van der Waals surface area contributed by atoms with Crippen LogP contribution < -0.4 is 0 Å². The van der Waals surface area contributed by atoms with Crippen LogP contribution in [0, 0.1) is 0 Å². The van der Waals surface area contributed by atoms with Crippen LogP contribution in [0.2, 0.25) is 0 Å². The predicted octanol–water partition coefficient (Wildman–Crippen LogP) is 6.64. The summed E-state index contributed by atoms with van der Waals surface area (Å²) < 4.78 is 0. The molecule has 1 N–H and O–H groups in total. The van der Waals surface area contributed by atoms with Crippen molar-refractivity contribution in [2.75, 3.05) is 0 Å². The predicted molar refractivity (Wildman–Crippen MR) is 104 cm³/mol. The van der Waals surface area contributed by atoms with Gasteiger partial charge in [0.1, 0.15) is 0 Å². The van der Waals surface area contributed by atoms with E-state index in [9.17, 15) is 5.11 Å². The topological polar surface area (TPSA) is 20.2 Å². The minimum atomic E-state index is -0.520. The van der Waals surface area contributed by atoms with Crippen LogP contribution in [0.3, 0.4) is 0 Å².